The summed E-state index contributed by atoms with van der Waals surface area (Å²) >= 11 is 0. The van der Waals surface area contributed by atoms with E-state index in [0.29, 0.717) is 68.1 Å². The van der Waals surface area contributed by atoms with Gasteiger partial charge in [-0.1, -0.05) is 11.6 Å². The van der Waals surface area contributed by atoms with Crippen LogP contribution in [0.25, 0.3) is 6.08 Å². The Morgan fingerprint density at radius 1 is 1.08 bits per heavy atom. The predicted molar refractivity (Wildman–Crippen MR) is 141 cm³/mol. The van der Waals surface area contributed by atoms with Crippen LogP contribution >= 0.6 is 0 Å². The number of sulfonamides is 1. The number of aromatic nitrogens is 2. The molecule has 0 radical (unpaired) electrons. The molecule has 1 saturated heterocycles. The molecule has 2 aromatic rings. The largest absolute Gasteiger partial charge is 0.421 e. The van der Waals surface area contributed by atoms with E-state index in [4.69, 9.17) is 4.74 Å². The molecule has 3 heterocycles. The van der Waals surface area contributed by atoms with Crippen LogP contribution in [0.2, 0.25) is 0 Å². The normalized spacial score (nSPS) is 19.7. The molecule has 1 aromatic heterocycles. The van der Waals surface area contributed by atoms with E-state index in [1.54, 1.807) is 12.1 Å². The van der Waals surface area contributed by atoms with Gasteiger partial charge in [0, 0.05) is 49.4 Å². The van der Waals surface area contributed by atoms with E-state index in [1.807, 2.05) is 17.9 Å². The van der Waals surface area contributed by atoms with Gasteiger partial charge in [-0.3, -0.25) is 4.99 Å². The highest BCUT2D eigenvalue weighted by atomic mass is 32.2. The maximum Gasteiger partial charge on any atom is 0.326 e. The molecule has 38 heavy (non-hydrogen) atoms. The molecule has 0 atom stereocenters. The van der Waals surface area contributed by atoms with E-state index in [2.05, 4.69) is 20.3 Å². The van der Waals surface area contributed by atoms with Crippen LogP contribution in [0, 0.1) is 17.6 Å². The number of nitrogens with zero attached hydrogens (tertiary/aromatic N) is 5. The van der Waals surface area contributed by atoms with Crippen LogP contribution in [0.1, 0.15) is 30.9 Å². The number of nitrogens with one attached hydrogen (secondary N) is 1. The summed E-state index contributed by atoms with van der Waals surface area (Å²) in [5.41, 5.74) is 2.64. The molecule has 1 N–H and O–H groups in total. The summed E-state index contributed by atoms with van der Waals surface area (Å²) in [5, 5.41) is 3.20. The zero-order chi connectivity index (χ0) is 26.6. The first-order valence-electron chi connectivity index (χ1n) is 12.6. The third-order valence-corrected chi connectivity index (χ3v) is 8.51. The van der Waals surface area contributed by atoms with Crippen molar-refractivity contribution < 1.29 is 21.9 Å². The van der Waals surface area contributed by atoms with Crippen molar-refractivity contribution in [2.24, 2.45) is 10.9 Å². The molecular formula is C26H28F2N6O3S. The summed E-state index contributed by atoms with van der Waals surface area (Å²) in [4.78, 5) is 15.3. The summed E-state index contributed by atoms with van der Waals surface area (Å²) in [6.07, 6.45) is 7.55. The van der Waals surface area contributed by atoms with Crippen molar-refractivity contribution in [3.63, 3.8) is 0 Å². The van der Waals surface area contributed by atoms with Gasteiger partial charge in [0.05, 0.1) is 12.8 Å². The fourth-order valence-corrected chi connectivity index (χ4v) is 5.85. The van der Waals surface area contributed by atoms with E-state index in [0.717, 1.165) is 11.6 Å². The van der Waals surface area contributed by atoms with Gasteiger partial charge in [-0.05, 0) is 43.8 Å². The topological polar surface area (TPSA) is 100 Å². The van der Waals surface area contributed by atoms with Gasteiger partial charge in [0.1, 0.15) is 23.3 Å². The fraction of sp³-hybridized carbons (Fsp3) is 0.423. The molecule has 1 saturated carbocycles. The third kappa shape index (κ3) is 5.02. The second-order valence-corrected chi connectivity index (χ2v) is 12.2. The number of halogens is 2. The Bertz CT molecular complexity index is 1510. The number of ether oxygens (including phenoxy) is 1. The first-order valence-corrected chi connectivity index (χ1v) is 14.5. The van der Waals surface area contributed by atoms with Crippen molar-refractivity contribution in [3.05, 3.63) is 52.1 Å². The van der Waals surface area contributed by atoms with Crippen molar-refractivity contribution in [2.45, 2.75) is 26.2 Å². The van der Waals surface area contributed by atoms with Crippen LogP contribution in [0.3, 0.4) is 0 Å². The summed E-state index contributed by atoms with van der Waals surface area (Å²) in [6, 6.07) is 2.60. The molecule has 0 spiro atoms. The number of benzene rings is 1. The summed E-state index contributed by atoms with van der Waals surface area (Å²) < 4.78 is 61.0. The number of allylic oxidation sites excluding steroid dienone is 1. The Kier molecular flexibility index (Phi) is 6.18. The van der Waals surface area contributed by atoms with E-state index >= 15 is 4.39 Å². The maximum atomic E-state index is 15.3. The second-order valence-electron chi connectivity index (χ2n) is 10.2. The molecule has 2 fully saturated rings. The Balaban J connectivity index is 1.30. The SMILES string of the molecule is CC1=Cc2c(F)c(Oc3nc(NC4=NCC(C5CC5)=C4)cc(N4CCN(S(C)(=O)=O)CC4)n3)cc(F)c2C1. The molecule has 200 valence electrons. The molecule has 2 aliphatic heterocycles. The van der Waals surface area contributed by atoms with Crippen LogP contribution in [0.15, 0.2) is 34.3 Å². The van der Waals surface area contributed by atoms with E-state index in [-0.39, 0.29) is 17.3 Å². The minimum Gasteiger partial charge on any atom is -0.421 e. The Hall–Kier alpha value is -3.38. The van der Waals surface area contributed by atoms with Gasteiger partial charge >= 0.3 is 6.01 Å². The zero-order valence-corrected chi connectivity index (χ0v) is 22.0. The molecule has 0 amide bonds. The molecule has 12 heteroatoms. The standard InChI is InChI=1S/C26H28F2N6O3S/c1-15-9-18-19(10-15)25(28)21(12-20(18)27)37-26-31-23(30-22-11-17(14-29-22)16-3-4-16)13-24(32-26)33-5-7-34(8-6-33)38(2,35)36/h10-13,16H,3-9,14H2,1-2H3,(H,29,30,31,32). The van der Waals surface area contributed by atoms with Gasteiger partial charge in [0.15, 0.2) is 11.6 Å². The van der Waals surface area contributed by atoms with Crippen LogP contribution in [0.5, 0.6) is 11.8 Å². The minimum atomic E-state index is -3.30. The van der Waals surface area contributed by atoms with Crippen LogP contribution in [-0.4, -0.2) is 67.5 Å². The van der Waals surface area contributed by atoms with E-state index in [1.165, 1.54) is 29.0 Å². The number of rotatable bonds is 6. The summed E-state index contributed by atoms with van der Waals surface area (Å²) in [6.45, 7) is 3.89. The Morgan fingerprint density at radius 3 is 2.55 bits per heavy atom. The van der Waals surface area contributed by atoms with Crippen molar-refractivity contribution in [1.82, 2.24) is 14.3 Å². The first-order chi connectivity index (χ1) is 18.1. The van der Waals surface area contributed by atoms with Crippen LogP contribution in [0.4, 0.5) is 20.4 Å². The van der Waals surface area contributed by atoms with Gasteiger partial charge < -0.3 is 15.0 Å². The molecular weight excluding hydrogens is 514 g/mol. The molecule has 1 aromatic carbocycles. The lowest BCUT2D eigenvalue weighted by atomic mass is 10.1. The predicted octanol–water partition coefficient (Wildman–Crippen LogP) is 3.75. The molecule has 4 aliphatic rings. The first kappa shape index (κ1) is 24.9. The van der Waals surface area contributed by atoms with E-state index in [9.17, 15) is 12.8 Å². The molecule has 9 nitrogen and oxygen atoms in total. The fourth-order valence-electron chi connectivity index (χ4n) is 5.02. The molecule has 2 aliphatic carbocycles. The lowest BCUT2D eigenvalue weighted by Crippen LogP contribution is -2.48. The Labute approximate surface area is 220 Å². The van der Waals surface area contributed by atoms with Crippen molar-refractivity contribution in [2.75, 3.05) is 49.2 Å². The lowest BCUT2D eigenvalue weighted by molar-refractivity contribution is 0.383. The van der Waals surface area contributed by atoms with Crippen LogP contribution < -0.4 is 15.0 Å². The number of anilines is 2. The van der Waals surface area contributed by atoms with Crippen molar-refractivity contribution in [1.29, 1.82) is 0 Å². The monoisotopic (exact) mass is 542 g/mol. The second kappa shape index (κ2) is 9.42. The summed E-state index contributed by atoms with van der Waals surface area (Å²) in [5.74, 6) is 0.619. The maximum absolute atomic E-state index is 15.3. The lowest BCUT2D eigenvalue weighted by Gasteiger charge is -2.34. The van der Waals surface area contributed by atoms with Crippen molar-refractivity contribution in [3.8, 4) is 11.8 Å². The average molecular weight is 543 g/mol. The molecule has 0 bridgehead atoms. The number of fused-ring (bicyclic) bond motifs is 1. The highest BCUT2D eigenvalue weighted by molar-refractivity contribution is 7.88. The highest BCUT2D eigenvalue weighted by Crippen LogP contribution is 2.38. The average Bonchev–Trinajstić information content (AvgIpc) is 3.49. The number of piperazine rings is 1. The van der Waals surface area contributed by atoms with Crippen LogP contribution in [-0.2, 0) is 16.4 Å². The highest BCUT2D eigenvalue weighted by Gasteiger charge is 2.29. The quantitative estimate of drug-likeness (QED) is 0.594. The van der Waals surface area contributed by atoms with Gasteiger partial charge in [0.25, 0.3) is 0 Å². The molecule has 0 unspecified atom stereocenters. The third-order valence-electron chi connectivity index (χ3n) is 7.21. The van der Waals surface area contributed by atoms with Gasteiger partial charge in [-0.25, -0.2) is 17.2 Å². The van der Waals surface area contributed by atoms with Gasteiger partial charge in [-0.2, -0.15) is 14.3 Å². The number of aliphatic imine (C=N–C) groups is 1. The number of hydrogen-bond acceptors (Lipinski definition) is 8. The Morgan fingerprint density at radius 2 is 1.84 bits per heavy atom. The van der Waals surface area contributed by atoms with Gasteiger partial charge in [0.2, 0.25) is 10.0 Å². The molecule has 6 rings (SSSR count). The number of amidine groups is 1. The van der Waals surface area contributed by atoms with Gasteiger partial charge in [-0.15, -0.1) is 0 Å². The minimum absolute atomic E-state index is 0.155. The van der Waals surface area contributed by atoms with Crippen molar-refractivity contribution >= 4 is 33.6 Å². The van der Waals surface area contributed by atoms with E-state index < -0.39 is 21.7 Å². The number of hydrogen-bond donors (Lipinski definition) is 1. The summed E-state index contributed by atoms with van der Waals surface area (Å²) in [7, 11) is -3.30. The smallest absolute Gasteiger partial charge is 0.326 e. The zero-order valence-electron chi connectivity index (χ0n) is 21.2.